The van der Waals surface area contributed by atoms with E-state index in [1.165, 1.54) is 23.4 Å². The lowest BCUT2D eigenvalue weighted by atomic mass is 10.1. The summed E-state index contributed by atoms with van der Waals surface area (Å²) in [5.74, 6) is 0. The lowest BCUT2D eigenvalue weighted by Crippen LogP contribution is -2.13. The molecule has 1 aromatic rings. The van der Waals surface area contributed by atoms with Crippen LogP contribution in [0, 0.1) is 0 Å². The number of ether oxygens (including phenoxy) is 1. The van der Waals surface area contributed by atoms with Crippen molar-refractivity contribution in [2.45, 2.75) is 30.5 Å². The van der Waals surface area contributed by atoms with Gasteiger partial charge in [-0.05, 0) is 24.8 Å². The fourth-order valence-electron chi connectivity index (χ4n) is 2.05. The predicted octanol–water partition coefficient (Wildman–Crippen LogP) is 1.92. The Morgan fingerprint density at radius 2 is 2.33 bits per heavy atom. The summed E-state index contributed by atoms with van der Waals surface area (Å²) in [6, 6.07) is 0. The van der Waals surface area contributed by atoms with Crippen molar-refractivity contribution in [1.29, 1.82) is 0 Å². The summed E-state index contributed by atoms with van der Waals surface area (Å²) in [6.45, 7) is 0.721. The van der Waals surface area contributed by atoms with Crippen molar-refractivity contribution in [2.24, 2.45) is 0 Å². The molecule has 0 bridgehead atoms. The van der Waals surface area contributed by atoms with E-state index < -0.39 is 0 Å². The highest BCUT2D eigenvalue weighted by atomic mass is 79.9. The Kier molecular flexibility index (Phi) is 3.70. The molecule has 0 fully saturated rings. The quantitative estimate of drug-likeness (QED) is 0.785. The van der Waals surface area contributed by atoms with Gasteiger partial charge in [-0.3, -0.25) is 0 Å². The van der Waals surface area contributed by atoms with Gasteiger partial charge < -0.3 is 4.74 Å². The van der Waals surface area contributed by atoms with Gasteiger partial charge in [-0.25, -0.2) is 9.97 Å². The Morgan fingerprint density at radius 1 is 1.47 bits per heavy atom. The van der Waals surface area contributed by atoms with Crippen molar-refractivity contribution in [1.82, 2.24) is 9.97 Å². The fourth-order valence-corrected chi connectivity index (χ4v) is 2.62. The second-order valence-electron chi connectivity index (χ2n) is 3.86. The summed E-state index contributed by atoms with van der Waals surface area (Å²) in [5, 5.41) is 0. The van der Waals surface area contributed by atoms with Crippen LogP contribution < -0.4 is 0 Å². The number of rotatable bonds is 4. The number of halogens is 1. The van der Waals surface area contributed by atoms with Crippen LogP contribution in [0.25, 0.3) is 0 Å². The molecular weight excluding hydrogens is 256 g/mol. The third-order valence-corrected chi connectivity index (χ3v) is 3.31. The van der Waals surface area contributed by atoms with Gasteiger partial charge in [0.25, 0.3) is 0 Å². The molecule has 3 nitrogen and oxygen atoms in total. The lowest BCUT2D eigenvalue weighted by molar-refractivity contribution is 0.200. The van der Waals surface area contributed by atoms with Crippen LogP contribution in [0.1, 0.15) is 23.4 Å². The van der Waals surface area contributed by atoms with Crippen LogP contribution in [0.15, 0.2) is 6.33 Å². The van der Waals surface area contributed by atoms with Gasteiger partial charge in [-0.1, -0.05) is 15.9 Å². The van der Waals surface area contributed by atoms with Crippen LogP contribution in [0.5, 0.6) is 0 Å². The van der Waals surface area contributed by atoms with E-state index >= 15 is 0 Å². The smallest absolute Gasteiger partial charge is 0.115 e. The standard InChI is InChI=1S/C11H15BrN2O/c1-15-6-8(12)5-11-9-3-2-4-10(9)13-7-14-11/h7-8H,2-6H2,1H3. The van der Waals surface area contributed by atoms with E-state index in [1.807, 2.05) is 0 Å². The highest BCUT2D eigenvalue weighted by Crippen LogP contribution is 2.23. The van der Waals surface area contributed by atoms with Crippen molar-refractivity contribution < 1.29 is 4.74 Å². The average Bonchev–Trinajstić information content (AvgIpc) is 2.67. The number of hydrogen-bond donors (Lipinski definition) is 0. The van der Waals surface area contributed by atoms with E-state index in [0.717, 1.165) is 25.9 Å². The molecular formula is C11H15BrN2O. The van der Waals surface area contributed by atoms with E-state index in [4.69, 9.17) is 4.74 Å². The normalized spacial score (nSPS) is 16.4. The topological polar surface area (TPSA) is 35.0 Å². The van der Waals surface area contributed by atoms with Gasteiger partial charge in [0.2, 0.25) is 0 Å². The minimum Gasteiger partial charge on any atom is -0.384 e. The number of methoxy groups -OCH3 is 1. The molecule has 0 spiro atoms. The van der Waals surface area contributed by atoms with Gasteiger partial charge in [0.1, 0.15) is 6.33 Å². The molecule has 4 heteroatoms. The summed E-state index contributed by atoms with van der Waals surface area (Å²) in [6.07, 6.45) is 6.09. The van der Waals surface area contributed by atoms with Crippen LogP contribution in [0.3, 0.4) is 0 Å². The molecule has 0 aliphatic heterocycles. The molecule has 0 aromatic carbocycles. The molecule has 0 saturated carbocycles. The van der Waals surface area contributed by atoms with Crippen molar-refractivity contribution in [3.63, 3.8) is 0 Å². The highest BCUT2D eigenvalue weighted by molar-refractivity contribution is 9.09. The maximum absolute atomic E-state index is 5.10. The van der Waals surface area contributed by atoms with Crippen LogP contribution in [-0.2, 0) is 24.0 Å². The number of hydrogen-bond acceptors (Lipinski definition) is 3. The largest absolute Gasteiger partial charge is 0.384 e. The molecule has 1 unspecified atom stereocenters. The highest BCUT2D eigenvalue weighted by Gasteiger charge is 2.18. The second kappa shape index (κ2) is 5.03. The molecule has 2 rings (SSSR count). The minimum absolute atomic E-state index is 0.349. The third kappa shape index (κ3) is 2.55. The Hall–Kier alpha value is -0.480. The molecule has 1 aliphatic rings. The maximum Gasteiger partial charge on any atom is 0.115 e. The van der Waals surface area contributed by atoms with Gasteiger partial charge >= 0.3 is 0 Å². The van der Waals surface area contributed by atoms with Gasteiger partial charge in [0, 0.05) is 29.7 Å². The van der Waals surface area contributed by atoms with Crippen LogP contribution in [0.4, 0.5) is 0 Å². The van der Waals surface area contributed by atoms with Crippen molar-refractivity contribution >= 4 is 15.9 Å². The van der Waals surface area contributed by atoms with E-state index in [0.29, 0.717) is 4.83 Å². The molecule has 0 radical (unpaired) electrons. The molecule has 0 saturated heterocycles. The number of nitrogens with zero attached hydrogens (tertiary/aromatic N) is 2. The van der Waals surface area contributed by atoms with Crippen LogP contribution in [-0.4, -0.2) is 28.5 Å². The Balaban J connectivity index is 2.11. The summed E-state index contributed by atoms with van der Waals surface area (Å²) in [4.78, 5) is 9.04. The van der Waals surface area contributed by atoms with Gasteiger partial charge in [0.15, 0.2) is 0 Å². The number of aryl methyl sites for hydroxylation is 1. The first-order valence-electron chi connectivity index (χ1n) is 5.26. The Labute approximate surface area is 98.4 Å². The van der Waals surface area contributed by atoms with Crippen LogP contribution in [0.2, 0.25) is 0 Å². The molecule has 0 N–H and O–H groups in total. The van der Waals surface area contributed by atoms with Crippen molar-refractivity contribution in [3.05, 3.63) is 23.3 Å². The minimum atomic E-state index is 0.349. The van der Waals surface area contributed by atoms with E-state index in [1.54, 1.807) is 13.4 Å². The van der Waals surface area contributed by atoms with E-state index in [-0.39, 0.29) is 0 Å². The van der Waals surface area contributed by atoms with Gasteiger partial charge in [-0.2, -0.15) is 0 Å². The molecule has 1 heterocycles. The zero-order chi connectivity index (χ0) is 10.7. The first kappa shape index (κ1) is 11.0. The molecule has 82 valence electrons. The maximum atomic E-state index is 5.10. The predicted molar refractivity (Wildman–Crippen MR) is 62.4 cm³/mol. The third-order valence-electron chi connectivity index (χ3n) is 2.73. The second-order valence-corrected chi connectivity index (χ2v) is 5.15. The molecule has 1 atom stereocenters. The summed E-state index contributed by atoms with van der Waals surface area (Å²) in [5.41, 5.74) is 3.81. The first-order chi connectivity index (χ1) is 7.31. The van der Waals surface area contributed by atoms with Crippen molar-refractivity contribution in [2.75, 3.05) is 13.7 Å². The molecule has 0 amide bonds. The number of alkyl halides is 1. The fraction of sp³-hybridized carbons (Fsp3) is 0.636. The number of fused-ring (bicyclic) bond motifs is 1. The average molecular weight is 271 g/mol. The molecule has 1 aliphatic carbocycles. The van der Waals surface area contributed by atoms with Crippen LogP contribution >= 0.6 is 15.9 Å². The van der Waals surface area contributed by atoms with E-state index in [9.17, 15) is 0 Å². The number of aromatic nitrogens is 2. The van der Waals surface area contributed by atoms with Gasteiger partial charge in [0.05, 0.1) is 6.61 Å². The Morgan fingerprint density at radius 3 is 3.13 bits per heavy atom. The summed E-state index contributed by atoms with van der Waals surface area (Å²) < 4.78 is 5.10. The Bertz CT molecular complexity index is 343. The monoisotopic (exact) mass is 270 g/mol. The zero-order valence-electron chi connectivity index (χ0n) is 8.87. The summed E-state index contributed by atoms with van der Waals surface area (Å²) in [7, 11) is 1.72. The van der Waals surface area contributed by atoms with E-state index in [2.05, 4.69) is 25.9 Å². The summed E-state index contributed by atoms with van der Waals surface area (Å²) >= 11 is 3.60. The SMILES string of the molecule is COCC(Br)Cc1ncnc2c1CCC2. The molecule has 15 heavy (non-hydrogen) atoms. The van der Waals surface area contributed by atoms with Crippen molar-refractivity contribution in [3.8, 4) is 0 Å². The molecule has 1 aromatic heterocycles. The lowest BCUT2D eigenvalue weighted by Gasteiger charge is -2.10. The van der Waals surface area contributed by atoms with Gasteiger partial charge in [-0.15, -0.1) is 0 Å². The zero-order valence-corrected chi connectivity index (χ0v) is 10.5. The first-order valence-corrected chi connectivity index (χ1v) is 6.17.